The number of fused-ring (bicyclic) bond motifs is 4. The zero-order valence-electron chi connectivity index (χ0n) is 23.5. The Balaban J connectivity index is 1.52. The molecule has 42 heavy (non-hydrogen) atoms. The normalized spacial score (nSPS) is 30.6. The number of aliphatic hydroxyl groups is 3. The summed E-state index contributed by atoms with van der Waals surface area (Å²) in [6, 6.07) is -1.15. The molecular formula is C29H33FN4O8. The molecule has 0 radical (unpaired) electrons. The van der Waals surface area contributed by atoms with Gasteiger partial charge in [-0.05, 0) is 52.7 Å². The molecule has 4 atom stereocenters. The van der Waals surface area contributed by atoms with Crippen LogP contribution in [0, 0.1) is 17.7 Å². The number of halogens is 1. The van der Waals surface area contributed by atoms with Crippen molar-refractivity contribution in [1.82, 2.24) is 9.80 Å². The lowest BCUT2D eigenvalue weighted by atomic mass is 9.58. The molecule has 1 spiro atoms. The van der Waals surface area contributed by atoms with Crippen LogP contribution in [-0.2, 0) is 27.3 Å². The lowest BCUT2D eigenvalue weighted by Gasteiger charge is -2.50. The molecule has 1 aromatic carbocycles. The van der Waals surface area contributed by atoms with Crippen LogP contribution in [0.3, 0.4) is 0 Å². The van der Waals surface area contributed by atoms with E-state index in [0.29, 0.717) is 12.8 Å². The number of phenols is 1. The van der Waals surface area contributed by atoms with Crippen molar-refractivity contribution in [3.8, 4) is 5.75 Å². The van der Waals surface area contributed by atoms with Crippen molar-refractivity contribution in [3.05, 3.63) is 45.2 Å². The Labute approximate surface area is 240 Å². The Kier molecular flexibility index (Phi) is 6.13. The number of allylic oxidation sites excluding steroid dienone is 1. The van der Waals surface area contributed by atoms with Crippen LogP contribution < -0.4 is 11.1 Å². The maximum absolute atomic E-state index is 16.3. The van der Waals surface area contributed by atoms with E-state index in [0.717, 1.165) is 12.8 Å². The van der Waals surface area contributed by atoms with Gasteiger partial charge in [0.15, 0.2) is 17.1 Å². The number of likely N-dealkylation sites (N-methyl/N-ethyl adjacent to an activating group) is 2. The fourth-order valence-electron chi connectivity index (χ4n) is 8.04. The molecule has 1 aromatic rings. The topological polar surface area (TPSA) is 194 Å². The van der Waals surface area contributed by atoms with Crippen LogP contribution >= 0.6 is 0 Å². The summed E-state index contributed by atoms with van der Waals surface area (Å²) < 4.78 is 16.3. The van der Waals surface area contributed by atoms with Gasteiger partial charge < -0.3 is 31.5 Å². The Hall–Kier alpha value is -3.81. The van der Waals surface area contributed by atoms with Gasteiger partial charge in [0.1, 0.15) is 28.4 Å². The molecule has 0 aromatic heterocycles. The first kappa shape index (κ1) is 28.3. The number of primary amides is 1. The molecule has 0 unspecified atom stereocenters. The smallest absolute Gasteiger partial charge is 0.255 e. The van der Waals surface area contributed by atoms with E-state index in [1.54, 1.807) is 11.9 Å². The predicted molar refractivity (Wildman–Crippen MR) is 145 cm³/mol. The molecule has 7 N–H and O–H groups in total. The molecule has 224 valence electrons. The molecule has 0 bridgehead atoms. The van der Waals surface area contributed by atoms with Gasteiger partial charge in [0.05, 0.1) is 17.3 Å². The maximum Gasteiger partial charge on any atom is 0.255 e. The highest BCUT2D eigenvalue weighted by atomic mass is 19.1. The first-order chi connectivity index (χ1) is 19.7. The lowest BCUT2D eigenvalue weighted by molar-refractivity contribution is -0.148. The zero-order valence-corrected chi connectivity index (χ0v) is 23.5. The fraction of sp³-hybridized carbons (Fsp3) is 0.517. The minimum atomic E-state index is -2.80. The number of amides is 2. The number of nitrogens with one attached hydrogen (secondary N) is 1. The van der Waals surface area contributed by atoms with Crippen LogP contribution in [0.25, 0.3) is 0 Å². The molecule has 2 amide bonds. The molecule has 5 aliphatic rings. The van der Waals surface area contributed by atoms with Crippen molar-refractivity contribution in [2.24, 2.45) is 17.6 Å². The van der Waals surface area contributed by atoms with Crippen LogP contribution in [0.5, 0.6) is 5.75 Å². The molecule has 12 nitrogen and oxygen atoms in total. The highest BCUT2D eigenvalue weighted by molar-refractivity contribution is 6.25. The average molecular weight is 585 g/mol. The van der Waals surface area contributed by atoms with Crippen molar-refractivity contribution in [3.63, 3.8) is 0 Å². The van der Waals surface area contributed by atoms with E-state index in [9.17, 15) is 39.6 Å². The Bertz CT molecular complexity index is 1560. The molecule has 1 fully saturated rings. The highest BCUT2D eigenvalue weighted by Gasteiger charge is 2.63. The van der Waals surface area contributed by atoms with E-state index in [2.05, 4.69) is 5.32 Å². The number of aliphatic hydroxyl groups excluding tert-OH is 2. The third-order valence-electron chi connectivity index (χ3n) is 10.1. The van der Waals surface area contributed by atoms with Crippen LogP contribution in [0.1, 0.15) is 53.6 Å². The zero-order chi connectivity index (χ0) is 30.6. The van der Waals surface area contributed by atoms with Crippen molar-refractivity contribution >= 4 is 29.1 Å². The molecule has 1 heterocycles. The molecule has 6 rings (SSSR count). The third kappa shape index (κ3) is 3.38. The Morgan fingerprint density at radius 3 is 2.36 bits per heavy atom. The first-order valence-electron chi connectivity index (χ1n) is 13.9. The second-order valence-corrected chi connectivity index (χ2v) is 12.4. The molecule has 1 saturated carbocycles. The number of benzene rings is 1. The fourth-order valence-corrected chi connectivity index (χ4v) is 8.04. The molecule has 1 aliphatic heterocycles. The molecule has 0 saturated heterocycles. The van der Waals surface area contributed by atoms with E-state index in [1.807, 2.05) is 0 Å². The van der Waals surface area contributed by atoms with Gasteiger partial charge in [-0.15, -0.1) is 0 Å². The SMILES string of the molecule is CN(C)[C@@H]1C(O)=C(C(N)=O)C(=O)[C@@]2(O)C(O)=C3C(=O)c4c(O)c5c(c(F)c4C[C@H]3C[C@@H]12)CN(C)C1(CCCC1)C(=O)N5. The number of aromatic hydroxyl groups is 1. The van der Waals surface area contributed by atoms with Crippen molar-refractivity contribution in [1.29, 1.82) is 0 Å². The minimum absolute atomic E-state index is 0.00168. The van der Waals surface area contributed by atoms with Crippen molar-refractivity contribution in [2.75, 3.05) is 26.5 Å². The third-order valence-corrected chi connectivity index (χ3v) is 10.1. The van der Waals surface area contributed by atoms with E-state index in [4.69, 9.17) is 5.73 Å². The van der Waals surface area contributed by atoms with E-state index < -0.39 is 92.2 Å². The lowest BCUT2D eigenvalue weighted by Crippen LogP contribution is -2.63. The summed E-state index contributed by atoms with van der Waals surface area (Å²) in [5.74, 6) is -9.36. The molecular weight excluding hydrogens is 551 g/mol. The number of anilines is 1. The summed E-state index contributed by atoms with van der Waals surface area (Å²) in [4.78, 5) is 56.1. The number of ketones is 2. The van der Waals surface area contributed by atoms with E-state index in [-0.39, 0.29) is 36.2 Å². The largest absolute Gasteiger partial charge is 0.510 e. The average Bonchev–Trinajstić information content (AvgIpc) is 3.38. The number of hydrogen-bond donors (Lipinski definition) is 6. The standard InChI is InChI=1S/C29H33FN4O8/c1-33(2)20-14-9-11-8-12-16(21(35)15(11)24(38)29(14,42)25(39)17(23(20)37)26(31)40)22(36)19-13(18(12)30)10-34(3)28(27(41)32-19)6-4-5-7-28/h11,14,20,36-38,42H,4-10H2,1-3H3,(H2,31,40)(H,32,41)/t11-,14-,20-,29-/m0/s1. The van der Waals surface area contributed by atoms with Crippen molar-refractivity contribution in [2.45, 2.75) is 62.3 Å². The summed E-state index contributed by atoms with van der Waals surface area (Å²) in [5, 5.41) is 48.1. The van der Waals surface area contributed by atoms with Gasteiger partial charge in [-0.2, -0.15) is 0 Å². The van der Waals surface area contributed by atoms with E-state index >= 15 is 4.39 Å². The predicted octanol–water partition coefficient (Wildman–Crippen LogP) is 0.956. The van der Waals surface area contributed by atoms with Gasteiger partial charge in [0, 0.05) is 29.2 Å². The number of nitrogens with zero attached hydrogens (tertiary/aromatic N) is 2. The Morgan fingerprint density at radius 2 is 1.76 bits per heavy atom. The second-order valence-electron chi connectivity index (χ2n) is 12.4. The summed E-state index contributed by atoms with van der Waals surface area (Å²) >= 11 is 0. The van der Waals surface area contributed by atoms with Gasteiger partial charge in [-0.1, -0.05) is 12.8 Å². The second kappa shape index (κ2) is 9.09. The number of phenolic OH excluding ortho intramolecular Hbond substituents is 1. The minimum Gasteiger partial charge on any atom is -0.510 e. The number of Topliss-reactive ketones (excluding diaryl/α,β-unsaturated/α-hetero) is 2. The van der Waals surface area contributed by atoms with Crippen LogP contribution in [-0.4, -0.2) is 91.9 Å². The van der Waals surface area contributed by atoms with Gasteiger partial charge in [-0.3, -0.25) is 29.0 Å². The van der Waals surface area contributed by atoms with Crippen LogP contribution in [0.4, 0.5) is 10.1 Å². The first-order valence-corrected chi connectivity index (χ1v) is 13.9. The monoisotopic (exact) mass is 584 g/mol. The van der Waals surface area contributed by atoms with Gasteiger partial charge >= 0.3 is 0 Å². The molecule has 4 aliphatic carbocycles. The van der Waals surface area contributed by atoms with Gasteiger partial charge in [0.2, 0.25) is 11.7 Å². The van der Waals surface area contributed by atoms with Crippen LogP contribution in [0.15, 0.2) is 22.7 Å². The summed E-state index contributed by atoms with van der Waals surface area (Å²) in [6.07, 6.45) is 2.41. The summed E-state index contributed by atoms with van der Waals surface area (Å²) in [7, 11) is 4.79. The quantitative estimate of drug-likeness (QED) is 0.215. The number of hydrogen-bond acceptors (Lipinski definition) is 10. The van der Waals surface area contributed by atoms with Gasteiger partial charge in [0.25, 0.3) is 5.91 Å². The Morgan fingerprint density at radius 1 is 1.12 bits per heavy atom. The number of nitrogens with two attached hydrogens (primary N) is 1. The summed E-state index contributed by atoms with van der Waals surface area (Å²) in [5.41, 5.74) is -0.395. The maximum atomic E-state index is 16.3. The van der Waals surface area contributed by atoms with Gasteiger partial charge in [-0.25, -0.2) is 4.39 Å². The highest BCUT2D eigenvalue weighted by Crippen LogP contribution is 2.54. The van der Waals surface area contributed by atoms with Crippen LogP contribution in [0.2, 0.25) is 0 Å². The number of rotatable bonds is 2. The molecule has 13 heteroatoms. The summed E-state index contributed by atoms with van der Waals surface area (Å²) in [6.45, 7) is 0.00168. The van der Waals surface area contributed by atoms with E-state index in [1.165, 1.54) is 19.0 Å². The van der Waals surface area contributed by atoms with Crippen molar-refractivity contribution < 1.29 is 44.0 Å². The number of carbonyl (C=O) groups is 4. The number of carbonyl (C=O) groups excluding carboxylic acids is 4.